The normalized spacial score (nSPS) is 24.2. The SMILES string of the molecule is COc1c([C@H]2[C@H](c3nc4c(C(N)=NOC(C)=O)c(F)ccc4[nH]3)O[C@@](C)(C(F)(F)F)[C@H]2C)ccc(F)c1F. The molecular formula is C24H22F6N4O4. The maximum absolute atomic E-state index is 14.7. The molecule has 2 aromatic carbocycles. The van der Waals surface area contributed by atoms with E-state index in [0.29, 0.717) is 0 Å². The van der Waals surface area contributed by atoms with Crippen molar-refractivity contribution in [3.63, 3.8) is 0 Å². The zero-order chi connectivity index (χ0) is 28.2. The van der Waals surface area contributed by atoms with Gasteiger partial charge in [0.2, 0.25) is 5.82 Å². The highest BCUT2D eigenvalue weighted by atomic mass is 19.4. The van der Waals surface area contributed by atoms with Crippen LogP contribution in [0.5, 0.6) is 5.75 Å². The fourth-order valence-corrected chi connectivity index (χ4v) is 4.66. The highest BCUT2D eigenvalue weighted by Gasteiger charge is 2.65. The van der Waals surface area contributed by atoms with Crippen molar-refractivity contribution in [1.82, 2.24) is 9.97 Å². The molecule has 0 amide bonds. The molecule has 2 heterocycles. The van der Waals surface area contributed by atoms with Gasteiger partial charge in [-0.25, -0.2) is 18.6 Å². The molecule has 3 aromatic rings. The molecule has 204 valence electrons. The van der Waals surface area contributed by atoms with Crippen LogP contribution in [0.3, 0.4) is 0 Å². The third-order valence-corrected chi connectivity index (χ3v) is 6.73. The number of nitrogens with zero attached hydrogens (tertiary/aromatic N) is 2. The van der Waals surface area contributed by atoms with Gasteiger partial charge in [0, 0.05) is 24.3 Å². The number of alkyl halides is 3. The van der Waals surface area contributed by atoms with E-state index >= 15 is 0 Å². The van der Waals surface area contributed by atoms with Crippen molar-refractivity contribution in [2.45, 2.75) is 44.6 Å². The standard InChI is InChI=1S/C24H22F6N4O4/c1-9-15(11-5-6-13(26)17(27)19(11)36-4)20(37-23(9,3)24(28,29)30)22-32-14-8-7-12(25)16(18(14)33-22)21(31)34-38-10(2)35/h5-9,15,20H,1-4H3,(H2,31,34)(H,32,33)/t9-,15-,20+,23+/m0/s1. The number of hydrogen-bond acceptors (Lipinski definition) is 6. The van der Waals surface area contributed by atoms with Crippen molar-refractivity contribution < 1.29 is 45.4 Å². The number of hydrogen-bond donors (Lipinski definition) is 2. The van der Waals surface area contributed by atoms with E-state index in [1.807, 2.05) is 0 Å². The number of aromatic nitrogens is 2. The number of carbonyl (C=O) groups is 1. The van der Waals surface area contributed by atoms with E-state index in [4.69, 9.17) is 15.2 Å². The number of H-pyrrole nitrogens is 1. The number of oxime groups is 1. The van der Waals surface area contributed by atoms with Crippen molar-refractivity contribution in [3.05, 3.63) is 58.7 Å². The number of methoxy groups -OCH3 is 1. The van der Waals surface area contributed by atoms with Crippen LogP contribution in [0.2, 0.25) is 0 Å². The lowest BCUT2D eigenvalue weighted by Crippen LogP contribution is -2.46. The number of carbonyl (C=O) groups excluding carboxylic acids is 1. The molecule has 38 heavy (non-hydrogen) atoms. The van der Waals surface area contributed by atoms with Gasteiger partial charge in [0.1, 0.15) is 23.3 Å². The lowest BCUT2D eigenvalue weighted by molar-refractivity contribution is -0.275. The van der Waals surface area contributed by atoms with Gasteiger partial charge in [-0.2, -0.15) is 17.6 Å². The summed E-state index contributed by atoms with van der Waals surface area (Å²) < 4.78 is 96.5. The Balaban J connectivity index is 1.93. The van der Waals surface area contributed by atoms with Crippen LogP contribution in [-0.4, -0.2) is 40.7 Å². The molecule has 1 aliphatic rings. The fraction of sp³-hybridized carbons (Fsp3) is 0.375. The molecule has 0 radical (unpaired) electrons. The van der Waals surface area contributed by atoms with Gasteiger partial charge < -0.3 is 25.0 Å². The minimum atomic E-state index is -4.87. The molecule has 0 bridgehead atoms. The van der Waals surface area contributed by atoms with Gasteiger partial charge in [-0.15, -0.1) is 0 Å². The number of imidazole rings is 1. The summed E-state index contributed by atoms with van der Waals surface area (Å²) in [6.07, 6.45) is -6.36. The second-order valence-corrected chi connectivity index (χ2v) is 8.94. The molecule has 1 aromatic heterocycles. The maximum Gasteiger partial charge on any atom is 0.417 e. The van der Waals surface area contributed by atoms with E-state index in [1.54, 1.807) is 0 Å². The number of fused-ring (bicyclic) bond motifs is 1. The number of aromatic amines is 1. The summed E-state index contributed by atoms with van der Waals surface area (Å²) in [6.45, 7) is 3.15. The Hall–Kier alpha value is -3.81. The molecule has 3 N–H and O–H groups in total. The zero-order valence-electron chi connectivity index (χ0n) is 20.4. The molecular weight excluding hydrogens is 522 g/mol. The Kier molecular flexibility index (Phi) is 6.80. The molecule has 0 aliphatic carbocycles. The van der Waals surface area contributed by atoms with Crippen molar-refractivity contribution in [3.8, 4) is 5.75 Å². The number of benzene rings is 2. The topological polar surface area (TPSA) is 112 Å². The Labute approximate surface area is 211 Å². The summed E-state index contributed by atoms with van der Waals surface area (Å²) in [5, 5.41) is 3.36. The van der Waals surface area contributed by atoms with Crippen LogP contribution in [-0.2, 0) is 14.4 Å². The van der Waals surface area contributed by atoms with Crippen molar-refractivity contribution in [2.24, 2.45) is 16.8 Å². The van der Waals surface area contributed by atoms with Gasteiger partial charge in [-0.05, 0) is 25.1 Å². The average Bonchev–Trinajstić information content (AvgIpc) is 3.38. The van der Waals surface area contributed by atoms with Crippen LogP contribution in [0, 0.1) is 23.4 Å². The number of ether oxygens (including phenoxy) is 2. The number of nitrogens with one attached hydrogen (secondary N) is 1. The quantitative estimate of drug-likeness (QED) is 0.154. The molecule has 0 spiro atoms. The minimum absolute atomic E-state index is 0.0836. The van der Waals surface area contributed by atoms with E-state index in [9.17, 15) is 31.1 Å². The Morgan fingerprint density at radius 3 is 2.45 bits per heavy atom. The molecule has 4 rings (SSSR count). The van der Waals surface area contributed by atoms with Crippen LogP contribution < -0.4 is 10.5 Å². The first-order valence-electron chi connectivity index (χ1n) is 11.2. The van der Waals surface area contributed by atoms with Crippen molar-refractivity contribution in [1.29, 1.82) is 0 Å². The van der Waals surface area contributed by atoms with Crippen LogP contribution in [0.15, 0.2) is 29.4 Å². The van der Waals surface area contributed by atoms with Crippen LogP contribution in [0.25, 0.3) is 11.0 Å². The predicted octanol–water partition coefficient (Wildman–Crippen LogP) is 4.98. The zero-order valence-corrected chi connectivity index (χ0v) is 20.4. The maximum atomic E-state index is 14.7. The summed E-state index contributed by atoms with van der Waals surface area (Å²) in [5.41, 5.74) is 2.60. The molecule has 14 heteroatoms. The van der Waals surface area contributed by atoms with Crippen molar-refractivity contribution >= 4 is 22.8 Å². The lowest BCUT2D eigenvalue weighted by Gasteiger charge is -2.32. The van der Waals surface area contributed by atoms with E-state index in [-0.39, 0.29) is 28.0 Å². The van der Waals surface area contributed by atoms with E-state index in [2.05, 4.69) is 20.0 Å². The van der Waals surface area contributed by atoms with Crippen LogP contribution in [0.1, 0.15) is 49.7 Å². The first-order chi connectivity index (χ1) is 17.7. The van der Waals surface area contributed by atoms with Gasteiger partial charge in [0.05, 0.1) is 18.2 Å². The number of rotatable bonds is 5. The molecule has 0 unspecified atom stereocenters. The number of amidine groups is 1. The van der Waals surface area contributed by atoms with Gasteiger partial charge in [-0.1, -0.05) is 18.1 Å². The van der Waals surface area contributed by atoms with Gasteiger partial charge in [0.25, 0.3) is 0 Å². The molecule has 1 saturated heterocycles. The Morgan fingerprint density at radius 2 is 1.84 bits per heavy atom. The minimum Gasteiger partial charge on any atom is -0.493 e. The van der Waals surface area contributed by atoms with Crippen LogP contribution >= 0.6 is 0 Å². The highest BCUT2D eigenvalue weighted by Crippen LogP contribution is 2.59. The third kappa shape index (κ3) is 4.31. The largest absolute Gasteiger partial charge is 0.493 e. The predicted molar refractivity (Wildman–Crippen MR) is 122 cm³/mol. The first kappa shape index (κ1) is 27.2. The molecule has 0 saturated carbocycles. The second kappa shape index (κ2) is 9.49. The molecule has 4 atom stereocenters. The monoisotopic (exact) mass is 544 g/mol. The van der Waals surface area contributed by atoms with E-state index < -0.39 is 64.7 Å². The highest BCUT2D eigenvalue weighted by molar-refractivity contribution is 6.07. The van der Waals surface area contributed by atoms with Crippen LogP contribution in [0.4, 0.5) is 26.3 Å². The van der Waals surface area contributed by atoms with Crippen molar-refractivity contribution in [2.75, 3.05) is 7.11 Å². The molecule has 1 fully saturated rings. The van der Waals surface area contributed by atoms with E-state index in [1.165, 1.54) is 13.0 Å². The Morgan fingerprint density at radius 1 is 1.18 bits per heavy atom. The summed E-state index contributed by atoms with van der Waals surface area (Å²) in [7, 11) is 1.06. The van der Waals surface area contributed by atoms with E-state index in [0.717, 1.165) is 39.2 Å². The molecule has 1 aliphatic heterocycles. The lowest BCUT2D eigenvalue weighted by atomic mass is 9.77. The summed E-state index contributed by atoms with van der Waals surface area (Å²) in [6, 6.07) is 4.16. The summed E-state index contributed by atoms with van der Waals surface area (Å²) in [5.74, 6) is -8.25. The Bertz CT molecular complexity index is 1440. The fourth-order valence-electron chi connectivity index (χ4n) is 4.66. The van der Waals surface area contributed by atoms with Gasteiger partial charge in [-0.3, -0.25) is 0 Å². The second-order valence-electron chi connectivity index (χ2n) is 8.94. The smallest absolute Gasteiger partial charge is 0.417 e. The number of nitrogens with two attached hydrogens (primary N) is 1. The summed E-state index contributed by atoms with van der Waals surface area (Å²) >= 11 is 0. The average molecular weight is 544 g/mol. The number of halogens is 6. The van der Waals surface area contributed by atoms with Gasteiger partial charge >= 0.3 is 12.1 Å². The molecule has 8 nitrogen and oxygen atoms in total. The summed E-state index contributed by atoms with van der Waals surface area (Å²) in [4.78, 5) is 22.6. The van der Waals surface area contributed by atoms with Gasteiger partial charge in [0.15, 0.2) is 23.0 Å². The first-order valence-corrected chi connectivity index (χ1v) is 11.2. The third-order valence-electron chi connectivity index (χ3n) is 6.73.